The maximum Gasteiger partial charge on any atom is 0.129 e. The molecule has 2 atom stereocenters. The highest BCUT2D eigenvalue weighted by Crippen LogP contribution is 2.45. The van der Waals surface area contributed by atoms with E-state index in [0.717, 1.165) is 36.5 Å². The summed E-state index contributed by atoms with van der Waals surface area (Å²) < 4.78 is 26.9. The molecule has 2 unspecified atom stereocenters. The van der Waals surface area contributed by atoms with Crippen LogP contribution in [0.25, 0.3) is 0 Å². The second-order valence-electron chi connectivity index (χ2n) is 5.15. The highest BCUT2D eigenvalue weighted by Gasteiger charge is 2.33. The number of fused-ring (bicyclic) bond motifs is 3. The summed E-state index contributed by atoms with van der Waals surface area (Å²) in [5.74, 6) is 0.339. The zero-order chi connectivity index (χ0) is 11.1. The van der Waals surface area contributed by atoms with Crippen LogP contribution < -0.4 is 0 Å². The van der Waals surface area contributed by atoms with Gasteiger partial charge in [-0.15, -0.1) is 0 Å². The molecule has 0 saturated heterocycles. The van der Waals surface area contributed by atoms with E-state index >= 15 is 0 Å². The van der Waals surface area contributed by atoms with Gasteiger partial charge in [0.2, 0.25) is 0 Å². The van der Waals surface area contributed by atoms with Gasteiger partial charge in [0.05, 0.1) is 0 Å². The molecule has 0 aromatic heterocycles. The van der Waals surface area contributed by atoms with Crippen molar-refractivity contribution >= 4 is 0 Å². The van der Waals surface area contributed by atoms with Gasteiger partial charge in [-0.1, -0.05) is 12.8 Å². The SMILES string of the molecule is Fc1cc(F)c2c(c1)C1CCCCC1CC2. The molecule has 0 amide bonds. The molecule has 1 saturated carbocycles. The van der Waals surface area contributed by atoms with Crippen LogP contribution in [0.5, 0.6) is 0 Å². The molecular formula is C14H16F2. The minimum Gasteiger partial charge on any atom is -0.207 e. The minimum absolute atomic E-state index is 0.334. The molecule has 0 spiro atoms. The third kappa shape index (κ3) is 1.55. The van der Waals surface area contributed by atoms with Crippen molar-refractivity contribution in [3.63, 3.8) is 0 Å². The van der Waals surface area contributed by atoms with E-state index in [1.54, 1.807) is 6.07 Å². The summed E-state index contributed by atoms with van der Waals surface area (Å²) in [4.78, 5) is 0. The lowest BCUT2D eigenvalue weighted by Crippen LogP contribution is -2.24. The molecule has 1 aromatic rings. The first-order valence-electron chi connectivity index (χ1n) is 6.23. The summed E-state index contributed by atoms with van der Waals surface area (Å²) >= 11 is 0. The first kappa shape index (κ1) is 10.2. The quantitative estimate of drug-likeness (QED) is 0.617. The van der Waals surface area contributed by atoms with Gasteiger partial charge in [0.1, 0.15) is 11.6 Å². The highest BCUT2D eigenvalue weighted by atomic mass is 19.1. The predicted octanol–water partition coefficient (Wildman–Crippen LogP) is 4.18. The first-order valence-corrected chi connectivity index (χ1v) is 6.23. The van der Waals surface area contributed by atoms with Gasteiger partial charge in [-0.3, -0.25) is 0 Å². The first-order chi connectivity index (χ1) is 7.75. The van der Waals surface area contributed by atoms with Crippen molar-refractivity contribution in [2.45, 2.75) is 44.4 Å². The van der Waals surface area contributed by atoms with Crippen molar-refractivity contribution in [2.75, 3.05) is 0 Å². The zero-order valence-corrected chi connectivity index (χ0v) is 9.31. The molecule has 86 valence electrons. The molecule has 16 heavy (non-hydrogen) atoms. The summed E-state index contributed by atoms with van der Waals surface area (Å²) in [6.07, 6.45) is 6.72. The van der Waals surface area contributed by atoms with E-state index in [1.807, 2.05) is 0 Å². The smallest absolute Gasteiger partial charge is 0.129 e. The molecule has 2 aliphatic carbocycles. The van der Waals surface area contributed by atoms with Crippen molar-refractivity contribution in [1.29, 1.82) is 0 Å². The molecule has 0 aliphatic heterocycles. The minimum atomic E-state index is -0.414. The largest absolute Gasteiger partial charge is 0.207 e. The molecule has 0 radical (unpaired) electrons. The summed E-state index contributed by atoms with van der Waals surface area (Å²) in [7, 11) is 0. The average Bonchev–Trinajstić information content (AvgIpc) is 2.28. The van der Waals surface area contributed by atoms with Crippen LogP contribution in [0.1, 0.15) is 49.1 Å². The average molecular weight is 222 g/mol. The number of rotatable bonds is 0. The number of benzene rings is 1. The molecule has 2 heteroatoms. The van der Waals surface area contributed by atoms with Crippen molar-refractivity contribution < 1.29 is 8.78 Å². The Kier molecular flexibility index (Phi) is 2.45. The van der Waals surface area contributed by atoms with Crippen LogP contribution >= 0.6 is 0 Å². The molecule has 0 nitrogen and oxygen atoms in total. The lowest BCUT2D eigenvalue weighted by Gasteiger charge is -2.37. The van der Waals surface area contributed by atoms with E-state index < -0.39 is 5.82 Å². The van der Waals surface area contributed by atoms with E-state index in [2.05, 4.69) is 0 Å². The Bertz CT molecular complexity index is 411. The van der Waals surface area contributed by atoms with Crippen LogP contribution in [0.4, 0.5) is 8.78 Å². The van der Waals surface area contributed by atoms with E-state index in [4.69, 9.17) is 0 Å². The Balaban J connectivity index is 2.06. The third-order valence-corrected chi connectivity index (χ3v) is 4.27. The summed E-state index contributed by atoms with van der Waals surface area (Å²) in [5.41, 5.74) is 1.75. The van der Waals surface area contributed by atoms with Gasteiger partial charge in [0.15, 0.2) is 0 Å². The van der Waals surface area contributed by atoms with Crippen LogP contribution in [0.2, 0.25) is 0 Å². The summed E-state index contributed by atoms with van der Waals surface area (Å²) in [6, 6.07) is 2.60. The van der Waals surface area contributed by atoms with Gasteiger partial charge < -0.3 is 0 Å². The van der Waals surface area contributed by atoms with Crippen molar-refractivity contribution in [1.82, 2.24) is 0 Å². The zero-order valence-electron chi connectivity index (χ0n) is 9.31. The molecule has 1 fully saturated rings. The third-order valence-electron chi connectivity index (χ3n) is 4.27. The second-order valence-corrected chi connectivity index (χ2v) is 5.15. The van der Waals surface area contributed by atoms with Crippen LogP contribution in [-0.4, -0.2) is 0 Å². The molecule has 0 N–H and O–H groups in total. The number of hydrogen-bond acceptors (Lipinski definition) is 0. The van der Waals surface area contributed by atoms with Gasteiger partial charge >= 0.3 is 0 Å². The van der Waals surface area contributed by atoms with Crippen LogP contribution in [-0.2, 0) is 6.42 Å². The van der Waals surface area contributed by atoms with E-state index in [0.29, 0.717) is 11.8 Å². The van der Waals surface area contributed by atoms with Crippen molar-refractivity contribution in [3.05, 3.63) is 34.9 Å². The second kappa shape index (κ2) is 3.83. The lowest BCUT2D eigenvalue weighted by molar-refractivity contribution is 0.272. The fourth-order valence-corrected chi connectivity index (χ4v) is 3.51. The van der Waals surface area contributed by atoms with Crippen molar-refractivity contribution in [2.24, 2.45) is 5.92 Å². The summed E-state index contributed by atoms with van der Waals surface area (Å²) in [6.45, 7) is 0. The molecule has 0 heterocycles. The maximum absolute atomic E-state index is 13.7. The lowest BCUT2D eigenvalue weighted by atomic mass is 9.68. The molecule has 2 aliphatic rings. The summed E-state index contributed by atoms with van der Waals surface area (Å²) in [5, 5.41) is 0. The van der Waals surface area contributed by atoms with Crippen LogP contribution in [0.3, 0.4) is 0 Å². The maximum atomic E-state index is 13.7. The standard InChI is InChI=1S/C14H16F2/c15-10-7-13-11-4-2-1-3-9(11)5-6-12(13)14(16)8-10/h7-9,11H,1-6H2. The van der Waals surface area contributed by atoms with Gasteiger partial charge in [-0.25, -0.2) is 8.78 Å². The van der Waals surface area contributed by atoms with Gasteiger partial charge in [0, 0.05) is 6.07 Å². The van der Waals surface area contributed by atoms with E-state index in [1.165, 1.54) is 19.3 Å². The van der Waals surface area contributed by atoms with Gasteiger partial charge in [-0.2, -0.15) is 0 Å². The Morgan fingerprint density at radius 2 is 1.81 bits per heavy atom. The predicted molar refractivity (Wildman–Crippen MR) is 59.4 cm³/mol. The normalized spacial score (nSPS) is 28.4. The van der Waals surface area contributed by atoms with Crippen LogP contribution in [0.15, 0.2) is 12.1 Å². The van der Waals surface area contributed by atoms with Crippen LogP contribution in [0, 0.1) is 17.6 Å². The Hall–Kier alpha value is -0.920. The Morgan fingerprint density at radius 3 is 2.69 bits per heavy atom. The molecule has 1 aromatic carbocycles. The van der Waals surface area contributed by atoms with Gasteiger partial charge in [-0.05, 0) is 54.7 Å². The molecular weight excluding hydrogens is 206 g/mol. The Labute approximate surface area is 94.7 Å². The number of hydrogen-bond donors (Lipinski definition) is 0. The van der Waals surface area contributed by atoms with Crippen molar-refractivity contribution in [3.8, 4) is 0 Å². The topological polar surface area (TPSA) is 0 Å². The molecule has 0 bridgehead atoms. The van der Waals surface area contributed by atoms with E-state index in [9.17, 15) is 8.78 Å². The molecule has 3 rings (SSSR count). The fourth-order valence-electron chi connectivity index (χ4n) is 3.51. The number of halogens is 2. The fraction of sp³-hybridized carbons (Fsp3) is 0.571. The van der Waals surface area contributed by atoms with Gasteiger partial charge in [0.25, 0.3) is 0 Å². The Morgan fingerprint density at radius 1 is 1.00 bits per heavy atom. The highest BCUT2D eigenvalue weighted by molar-refractivity contribution is 5.35. The van der Waals surface area contributed by atoms with E-state index in [-0.39, 0.29) is 5.82 Å². The monoisotopic (exact) mass is 222 g/mol.